The predicted octanol–water partition coefficient (Wildman–Crippen LogP) is 6.21. The van der Waals surface area contributed by atoms with Crippen molar-refractivity contribution in [1.29, 1.82) is 0 Å². The van der Waals surface area contributed by atoms with Crippen LogP contribution in [0.3, 0.4) is 0 Å². The van der Waals surface area contributed by atoms with E-state index in [1.165, 1.54) is 14.0 Å². The highest BCUT2D eigenvalue weighted by molar-refractivity contribution is 14.1. The van der Waals surface area contributed by atoms with E-state index in [1.807, 2.05) is 18.2 Å². The Morgan fingerprint density at radius 2 is 1.67 bits per heavy atom. The van der Waals surface area contributed by atoms with Crippen LogP contribution in [0.15, 0.2) is 82.8 Å². The van der Waals surface area contributed by atoms with Gasteiger partial charge in [-0.2, -0.15) is 0 Å². The minimum Gasteiger partial charge on any atom is -0.320 e. The molecule has 0 saturated carbocycles. The molecule has 4 aromatic rings. The average molecular weight is 483 g/mol. The number of hydrogen-bond acceptors (Lipinski definition) is 3. The van der Waals surface area contributed by atoms with Gasteiger partial charge in [0.15, 0.2) is 5.82 Å². The van der Waals surface area contributed by atoms with E-state index >= 15 is 0 Å². The largest absolute Gasteiger partial charge is 0.320 e. The second-order valence-electron chi connectivity index (χ2n) is 6.29. The van der Waals surface area contributed by atoms with Crippen molar-refractivity contribution >= 4 is 34.4 Å². The Hall–Kier alpha value is -2.12. The van der Waals surface area contributed by atoms with Crippen molar-refractivity contribution in [1.82, 2.24) is 14.5 Å². The van der Waals surface area contributed by atoms with E-state index in [9.17, 15) is 0 Å². The summed E-state index contributed by atoms with van der Waals surface area (Å²) in [5, 5.41) is 1.11. The summed E-state index contributed by atoms with van der Waals surface area (Å²) in [5.74, 6) is 0.874. The summed E-state index contributed by atoms with van der Waals surface area (Å²) in [5.41, 5.74) is 4.24. The molecule has 4 rings (SSSR count). The third-order valence-corrected chi connectivity index (χ3v) is 6.18. The molecule has 134 valence electrons. The highest BCUT2D eigenvalue weighted by atomic mass is 127. The van der Waals surface area contributed by atoms with Gasteiger partial charge in [-0.25, -0.2) is 4.98 Å². The van der Waals surface area contributed by atoms with Gasteiger partial charge >= 0.3 is 0 Å². The molecule has 0 atom stereocenters. The van der Waals surface area contributed by atoms with E-state index in [-0.39, 0.29) is 0 Å². The molecule has 2 aromatic carbocycles. The van der Waals surface area contributed by atoms with Crippen LogP contribution in [0, 0.1) is 10.5 Å². The molecule has 0 amide bonds. The van der Waals surface area contributed by atoms with Gasteiger partial charge in [0.2, 0.25) is 0 Å². The lowest BCUT2D eigenvalue weighted by Gasteiger charge is -2.08. The molecular weight excluding hydrogens is 465 g/mol. The molecule has 0 unspecified atom stereocenters. The van der Waals surface area contributed by atoms with E-state index in [0.717, 1.165) is 27.8 Å². The number of halogens is 1. The van der Waals surface area contributed by atoms with Crippen LogP contribution < -0.4 is 0 Å². The van der Waals surface area contributed by atoms with Crippen LogP contribution in [0.25, 0.3) is 22.8 Å². The van der Waals surface area contributed by atoms with E-state index in [4.69, 9.17) is 4.98 Å². The van der Waals surface area contributed by atoms with E-state index in [1.54, 1.807) is 18.0 Å². The highest BCUT2D eigenvalue weighted by Crippen LogP contribution is 2.38. The van der Waals surface area contributed by atoms with Crippen LogP contribution in [-0.4, -0.2) is 14.5 Å². The van der Waals surface area contributed by atoms with Gasteiger partial charge in [-0.1, -0.05) is 47.7 Å². The zero-order valence-corrected chi connectivity index (χ0v) is 18.0. The van der Waals surface area contributed by atoms with Crippen LogP contribution in [0.4, 0.5) is 0 Å². The monoisotopic (exact) mass is 483 g/mol. The molecule has 0 N–H and O–H groups in total. The Bertz CT molecular complexity index is 1060. The predicted molar refractivity (Wildman–Crippen MR) is 120 cm³/mol. The van der Waals surface area contributed by atoms with Crippen molar-refractivity contribution < 1.29 is 0 Å². The van der Waals surface area contributed by atoms with Crippen LogP contribution in [-0.2, 0) is 7.05 Å². The third-order valence-electron chi connectivity index (χ3n) is 4.29. The van der Waals surface area contributed by atoms with Crippen molar-refractivity contribution in [3.63, 3.8) is 0 Å². The fourth-order valence-corrected chi connectivity index (χ4v) is 4.18. The van der Waals surface area contributed by atoms with Crippen molar-refractivity contribution in [3.8, 4) is 22.8 Å². The Balaban J connectivity index is 1.85. The quantitative estimate of drug-likeness (QED) is 0.323. The summed E-state index contributed by atoms with van der Waals surface area (Å²) in [6.07, 6.45) is 1.81. The van der Waals surface area contributed by atoms with Crippen LogP contribution in [0.2, 0.25) is 0 Å². The summed E-state index contributed by atoms with van der Waals surface area (Å²) >= 11 is 4.06. The lowest BCUT2D eigenvalue weighted by atomic mass is 10.2. The zero-order valence-electron chi connectivity index (χ0n) is 15.1. The highest BCUT2D eigenvalue weighted by Gasteiger charge is 2.19. The van der Waals surface area contributed by atoms with E-state index in [2.05, 4.69) is 94.6 Å². The minimum absolute atomic E-state index is 0.874. The molecular formula is C22H18IN3S. The molecule has 5 heteroatoms. The van der Waals surface area contributed by atoms with Crippen molar-refractivity contribution in [3.05, 3.63) is 82.1 Å². The molecule has 3 nitrogen and oxygen atoms in total. The minimum atomic E-state index is 0.874. The number of aromatic nitrogens is 3. The number of imidazole rings is 1. The van der Waals surface area contributed by atoms with Crippen LogP contribution >= 0.6 is 34.4 Å². The van der Waals surface area contributed by atoms with Gasteiger partial charge in [-0.3, -0.25) is 4.98 Å². The van der Waals surface area contributed by atoms with Crippen LogP contribution in [0.1, 0.15) is 5.56 Å². The molecule has 0 fully saturated rings. The number of hydrogen-bond donors (Lipinski definition) is 0. The van der Waals surface area contributed by atoms with Gasteiger partial charge in [-0.05, 0) is 65.9 Å². The van der Waals surface area contributed by atoms with Gasteiger partial charge in [-0.15, -0.1) is 0 Å². The number of aryl methyl sites for hydroxylation is 1. The first-order valence-electron chi connectivity index (χ1n) is 8.60. The molecule has 0 aliphatic carbocycles. The molecule has 0 radical (unpaired) electrons. The topological polar surface area (TPSA) is 30.7 Å². The smallest absolute Gasteiger partial charge is 0.159 e. The number of nitrogens with zero attached hydrogens (tertiary/aromatic N) is 3. The summed E-state index contributed by atoms with van der Waals surface area (Å²) in [6.45, 7) is 2.11. The fraction of sp³-hybridized carbons (Fsp3) is 0.0909. The molecule has 0 aliphatic rings. The number of benzene rings is 2. The first-order chi connectivity index (χ1) is 13.1. The van der Waals surface area contributed by atoms with Gasteiger partial charge in [0.05, 0.1) is 0 Å². The molecule has 27 heavy (non-hydrogen) atoms. The lowest BCUT2D eigenvalue weighted by Crippen LogP contribution is -1.95. The maximum atomic E-state index is 4.97. The van der Waals surface area contributed by atoms with Crippen molar-refractivity contribution in [2.24, 2.45) is 7.05 Å². The normalized spacial score (nSPS) is 10.9. The third kappa shape index (κ3) is 3.94. The molecule has 2 aromatic heterocycles. The van der Waals surface area contributed by atoms with Gasteiger partial charge < -0.3 is 4.57 Å². The standard InChI is InChI=1S/C22H18IN3S/c1-15-6-12-18(13-7-15)27-22-20(16-8-10-17(23)11-9-16)25-21(26(22)2)19-5-3-4-14-24-19/h3-14H,1-2H3. The first-order valence-corrected chi connectivity index (χ1v) is 10.5. The number of pyridine rings is 1. The van der Waals surface area contributed by atoms with E-state index in [0.29, 0.717) is 0 Å². The lowest BCUT2D eigenvalue weighted by molar-refractivity contribution is 0.831. The fourth-order valence-electron chi connectivity index (χ4n) is 2.84. The summed E-state index contributed by atoms with van der Waals surface area (Å²) in [6, 6.07) is 23.0. The van der Waals surface area contributed by atoms with Gasteiger partial charge in [0.25, 0.3) is 0 Å². The van der Waals surface area contributed by atoms with Crippen molar-refractivity contribution in [2.45, 2.75) is 16.8 Å². The molecule has 0 saturated heterocycles. The molecule has 0 aliphatic heterocycles. The second kappa shape index (κ2) is 7.86. The SMILES string of the molecule is Cc1ccc(Sc2c(-c3ccc(I)cc3)nc(-c3ccccn3)n2C)cc1. The zero-order chi connectivity index (χ0) is 18.8. The maximum Gasteiger partial charge on any atom is 0.159 e. The summed E-state index contributed by atoms with van der Waals surface area (Å²) in [7, 11) is 2.06. The average Bonchev–Trinajstić information content (AvgIpc) is 3.01. The van der Waals surface area contributed by atoms with Crippen LogP contribution in [0.5, 0.6) is 0 Å². The summed E-state index contributed by atoms with van der Waals surface area (Å²) in [4.78, 5) is 10.7. The van der Waals surface area contributed by atoms with Crippen molar-refractivity contribution in [2.75, 3.05) is 0 Å². The Kier molecular flexibility index (Phi) is 5.31. The van der Waals surface area contributed by atoms with Gasteiger partial charge in [0.1, 0.15) is 16.4 Å². The van der Waals surface area contributed by atoms with E-state index < -0.39 is 0 Å². The Labute approximate surface area is 177 Å². The molecule has 0 bridgehead atoms. The Morgan fingerprint density at radius 1 is 0.926 bits per heavy atom. The maximum absolute atomic E-state index is 4.97. The van der Waals surface area contributed by atoms with Gasteiger partial charge in [0, 0.05) is 27.3 Å². The summed E-state index contributed by atoms with van der Waals surface area (Å²) < 4.78 is 3.35. The Morgan fingerprint density at radius 3 is 2.33 bits per heavy atom. The second-order valence-corrected chi connectivity index (χ2v) is 8.59. The number of rotatable bonds is 4. The molecule has 2 heterocycles. The first kappa shape index (κ1) is 18.3. The molecule has 0 spiro atoms.